The van der Waals surface area contributed by atoms with Crippen molar-refractivity contribution in [3.8, 4) is 0 Å². The lowest BCUT2D eigenvalue weighted by atomic mass is 10.1. The fourth-order valence-corrected chi connectivity index (χ4v) is 3.26. The Bertz CT molecular complexity index is 428. The van der Waals surface area contributed by atoms with Crippen LogP contribution in [-0.2, 0) is 4.79 Å². The number of hydrogen-bond acceptors (Lipinski definition) is 3. The second-order valence-corrected chi connectivity index (χ2v) is 5.52. The van der Waals surface area contributed by atoms with E-state index in [1.807, 2.05) is 24.5 Å². The molecule has 2 aliphatic rings. The van der Waals surface area contributed by atoms with Gasteiger partial charge in [-0.3, -0.25) is 9.78 Å². The third-order valence-electron chi connectivity index (χ3n) is 4.25. The van der Waals surface area contributed by atoms with Crippen molar-refractivity contribution in [1.29, 1.82) is 0 Å². The monoisotopic (exact) mass is 259 g/mol. The maximum Gasteiger partial charge on any atom is 0.224 e. The number of hydrogen-bond donors (Lipinski definition) is 1. The van der Waals surface area contributed by atoms with E-state index >= 15 is 0 Å². The fourth-order valence-electron chi connectivity index (χ4n) is 3.26. The van der Waals surface area contributed by atoms with Crippen molar-refractivity contribution in [3.05, 3.63) is 30.1 Å². The molecule has 0 aliphatic carbocycles. The van der Waals surface area contributed by atoms with Gasteiger partial charge in [-0.25, -0.2) is 0 Å². The third kappa shape index (κ3) is 2.78. The molecule has 102 valence electrons. The zero-order valence-electron chi connectivity index (χ0n) is 11.2. The number of likely N-dealkylation sites (tertiary alicyclic amines) is 1. The summed E-state index contributed by atoms with van der Waals surface area (Å²) in [6.45, 7) is 1.96. The predicted octanol–water partition coefficient (Wildman–Crippen LogP) is 1.89. The molecule has 2 saturated heterocycles. The van der Waals surface area contributed by atoms with E-state index in [4.69, 9.17) is 0 Å². The molecule has 1 aromatic heterocycles. The predicted molar refractivity (Wildman–Crippen MR) is 73.6 cm³/mol. The van der Waals surface area contributed by atoms with Crippen molar-refractivity contribution in [2.45, 2.75) is 44.2 Å². The number of pyridine rings is 1. The highest BCUT2D eigenvalue weighted by Gasteiger charge is 2.31. The van der Waals surface area contributed by atoms with Crippen LogP contribution in [0.4, 0.5) is 0 Å². The maximum atomic E-state index is 12.5. The first-order chi connectivity index (χ1) is 9.34. The highest BCUT2D eigenvalue weighted by Crippen LogP contribution is 2.32. The van der Waals surface area contributed by atoms with Crippen LogP contribution in [0.1, 0.15) is 43.7 Å². The molecule has 19 heavy (non-hydrogen) atoms. The summed E-state index contributed by atoms with van der Waals surface area (Å²) in [6, 6.07) is 4.72. The van der Waals surface area contributed by atoms with Gasteiger partial charge in [0.1, 0.15) is 0 Å². The van der Waals surface area contributed by atoms with Crippen LogP contribution < -0.4 is 5.32 Å². The standard InChI is InChI=1S/C15H21N3O/c19-15(11-13-3-1-7-17-13)18-10-2-4-14(18)12-5-8-16-9-6-12/h5-6,8-9,13-14,17H,1-4,7,10-11H2. The van der Waals surface area contributed by atoms with E-state index in [0.29, 0.717) is 18.4 Å². The van der Waals surface area contributed by atoms with E-state index in [0.717, 1.165) is 32.4 Å². The molecule has 3 rings (SSSR count). The fraction of sp³-hybridized carbons (Fsp3) is 0.600. The molecule has 0 radical (unpaired) electrons. The first kappa shape index (κ1) is 12.6. The molecule has 2 fully saturated rings. The van der Waals surface area contributed by atoms with Crippen molar-refractivity contribution in [3.63, 3.8) is 0 Å². The summed E-state index contributed by atoms with van der Waals surface area (Å²) in [5.74, 6) is 0.304. The van der Waals surface area contributed by atoms with Gasteiger partial charge in [-0.1, -0.05) is 0 Å². The lowest BCUT2D eigenvalue weighted by molar-refractivity contribution is -0.132. The Kier molecular flexibility index (Phi) is 3.78. The minimum Gasteiger partial charge on any atom is -0.336 e. The van der Waals surface area contributed by atoms with E-state index in [9.17, 15) is 4.79 Å². The van der Waals surface area contributed by atoms with E-state index in [1.54, 1.807) is 0 Å². The number of aromatic nitrogens is 1. The minimum absolute atomic E-state index is 0.261. The Morgan fingerprint density at radius 1 is 1.32 bits per heavy atom. The maximum absolute atomic E-state index is 12.5. The van der Waals surface area contributed by atoms with Crippen molar-refractivity contribution >= 4 is 5.91 Å². The molecular formula is C15H21N3O. The highest BCUT2D eigenvalue weighted by atomic mass is 16.2. The van der Waals surface area contributed by atoms with Gasteiger partial charge in [0.25, 0.3) is 0 Å². The number of amides is 1. The van der Waals surface area contributed by atoms with E-state index in [1.165, 1.54) is 12.0 Å². The number of carbonyl (C=O) groups is 1. The van der Waals surface area contributed by atoms with Gasteiger partial charge in [-0.15, -0.1) is 0 Å². The quantitative estimate of drug-likeness (QED) is 0.901. The van der Waals surface area contributed by atoms with E-state index in [-0.39, 0.29) is 6.04 Å². The highest BCUT2D eigenvalue weighted by molar-refractivity contribution is 5.77. The average Bonchev–Trinajstić information content (AvgIpc) is 3.10. The van der Waals surface area contributed by atoms with Gasteiger partial charge in [0, 0.05) is 31.4 Å². The Labute approximate surface area is 114 Å². The summed E-state index contributed by atoms with van der Waals surface area (Å²) < 4.78 is 0. The van der Waals surface area contributed by atoms with Gasteiger partial charge >= 0.3 is 0 Å². The van der Waals surface area contributed by atoms with Crippen LogP contribution in [-0.4, -0.2) is 34.9 Å². The largest absolute Gasteiger partial charge is 0.336 e. The van der Waals surface area contributed by atoms with Crippen LogP contribution in [0.2, 0.25) is 0 Å². The minimum atomic E-state index is 0.261. The Balaban J connectivity index is 1.67. The lowest BCUT2D eigenvalue weighted by Crippen LogP contribution is -2.35. The summed E-state index contributed by atoms with van der Waals surface area (Å²) in [7, 11) is 0. The normalized spacial score (nSPS) is 26.8. The molecule has 2 aliphatic heterocycles. The SMILES string of the molecule is O=C(CC1CCCN1)N1CCCC1c1ccncc1. The number of nitrogens with zero attached hydrogens (tertiary/aromatic N) is 2. The molecular weight excluding hydrogens is 238 g/mol. The van der Waals surface area contributed by atoms with Crippen molar-refractivity contribution in [1.82, 2.24) is 15.2 Å². The Morgan fingerprint density at radius 3 is 2.89 bits per heavy atom. The van der Waals surface area contributed by atoms with Gasteiger partial charge in [0.15, 0.2) is 0 Å². The van der Waals surface area contributed by atoms with Crippen molar-refractivity contribution in [2.24, 2.45) is 0 Å². The molecule has 1 aromatic rings. The van der Waals surface area contributed by atoms with Gasteiger partial charge in [-0.05, 0) is 49.9 Å². The number of carbonyl (C=O) groups excluding carboxylic acids is 1. The molecule has 2 unspecified atom stereocenters. The zero-order chi connectivity index (χ0) is 13.1. The smallest absolute Gasteiger partial charge is 0.224 e. The summed E-state index contributed by atoms with van der Waals surface area (Å²) in [4.78, 5) is 18.6. The van der Waals surface area contributed by atoms with Gasteiger partial charge in [0.05, 0.1) is 6.04 Å². The summed E-state index contributed by atoms with van der Waals surface area (Å²) in [5, 5.41) is 3.41. The summed E-state index contributed by atoms with van der Waals surface area (Å²) >= 11 is 0. The Hall–Kier alpha value is -1.42. The second kappa shape index (κ2) is 5.70. The van der Waals surface area contributed by atoms with Crippen molar-refractivity contribution in [2.75, 3.05) is 13.1 Å². The summed E-state index contributed by atoms with van der Waals surface area (Å²) in [6.07, 6.45) is 8.81. The summed E-state index contributed by atoms with van der Waals surface area (Å²) in [5.41, 5.74) is 1.22. The van der Waals surface area contributed by atoms with Crippen LogP contribution in [0.3, 0.4) is 0 Å². The lowest BCUT2D eigenvalue weighted by Gasteiger charge is -2.26. The van der Waals surface area contributed by atoms with Crippen molar-refractivity contribution < 1.29 is 4.79 Å². The third-order valence-corrected chi connectivity index (χ3v) is 4.25. The van der Waals surface area contributed by atoms with Gasteiger partial charge < -0.3 is 10.2 Å². The molecule has 0 aromatic carbocycles. The molecule has 4 nitrogen and oxygen atoms in total. The molecule has 0 bridgehead atoms. The second-order valence-electron chi connectivity index (χ2n) is 5.52. The zero-order valence-corrected chi connectivity index (χ0v) is 11.2. The number of rotatable bonds is 3. The number of nitrogens with one attached hydrogen (secondary N) is 1. The molecule has 3 heterocycles. The first-order valence-corrected chi connectivity index (χ1v) is 7.27. The van der Waals surface area contributed by atoms with Gasteiger partial charge in [0.2, 0.25) is 5.91 Å². The first-order valence-electron chi connectivity index (χ1n) is 7.27. The van der Waals surface area contributed by atoms with Crippen LogP contribution in [0, 0.1) is 0 Å². The molecule has 1 amide bonds. The molecule has 0 saturated carbocycles. The molecule has 1 N–H and O–H groups in total. The Morgan fingerprint density at radius 2 is 2.16 bits per heavy atom. The van der Waals surface area contributed by atoms with Crippen LogP contribution in [0.25, 0.3) is 0 Å². The molecule has 2 atom stereocenters. The average molecular weight is 259 g/mol. The molecule has 4 heteroatoms. The van der Waals surface area contributed by atoms with E-state index < -0.39 is 0 Å². The van der Waals surface area contributed by atoms with E-state index in [2.05, 4.69) is 15.2 Å². The van der Waals surface area contributed by atoms with Crippen LogP contribution in [0.15, 0.2) is 24.5 Å². The molecule has 0 spiro atoms. The van der Waals surface area contributed by atoms with Crippen LogP contribution in [0.5, 0.6) is 0 Å². The topological polar surface area (TPSA) is 45.2 Å². The van der Waals surface area contributed by atoms with Crippen LogP contribution >= 0.6 is 0 Å². The van der Waals surface area contributed by atoms with Gasteiger partial charge in [-0.2, -0.15) is 0 Å².